The number of para-hydroxylation sites is 4. The van der Waals surface area contributed by atoms with E-state index >= 15 is 0 Å². The minimum atomic E-state index is -0.603. The molecule has 0 bridgehead atoms. The average molecular weight is 823 g/mol. The second-order valence-electron chi connectivity index (χ2n) is 16.1. The number of carbonyl (C=O) groups is 2. The molecule has 3 heterocycles. The number of aliphatic hydroxyl groups is 1. The van der Waals surface area contributed by atoms with E-state index in [0.717, 1.165) is 76.9 Å². The van der Waals surface area contributed by atoms with E-state index < -0.39 is 6.29 Å². The fourth-order valence-electron chi connectivity index (χ4n) is 8.53. The van der Waals surface area contributed by atoms with Gasteiger partial charge in [0.1, 0.15) is 0 Å². The zero-order valence-electron chi connectivity index (χ0n) is 34.3. The largest absolute Gasteiger partial charge is 0.397 e. The molecule has 0 radical (unpaired) electrons. The van der Waals surface area contributed by atoms with Gasteiger partial charge in [0.25, 0.3) is 0 Å². The predicted molar refractivity (Wildman–Crippen MR) is 237 cm³/mol. The second-order valence-corrected chi connectivity index (χ2v) is 16.1. The number of ether oxygens (including phenoxy) is 2. The summed E-state index contributed by atoms with van der Waals surface area (Å²) < 4.78 is 15.4. The fraction of sp³-hybridized carbons (Fsp3) is 0.327. The third kappa shape index (κ3) is 10.5. The molecule has 0 saturated carbocycles. The lowest BCUT2D eigenvalue weighted by atomic mass is 9.97. The number of nitrogens with zero attached hydrogens (tertiary/aromatic N) is 2. The van der Waals surface area contributed by atoms with Gasteiger partial charge in [0.2, 0.25) is 11.8 Å². The number of nitrogens with two attached hydrogens (primary N) is 1. The molecule has 8 rings (SSSR count). The molecule has 0 aliphatic carbocycles. The number of nitrogen functional groups attached to an aromatic ring is 1. The monoisotopic (exact) mass is 822 g/mol. The number of H-pyrrole nitrogens is 1. The number of benzene rings is 5. The van der Waals surface area contributed by atoms with Crippen molar-refractivity contribution in [1.29, 1.82) is 0 Å². The molecule has 1 aromatic heterocycles. The standard InChI is InChI=1S/C49H54N6O6/c50-41-13-1-2-14-42(41)52-47(58)18-6-5-17-46(57)51-30-34-9-7-10-36(27-34)37-11-8-12-38(28-37)48-60-40(29-45(61-48)35-21-19-33(32-56)20-22-35)31-54-25-23-39(24-26-54)55-44-16-4-3-15-43(44)53-49(55)59/h1-4,7-16,19-22,27-28,39-40,45,48,56H,5-6,17-18,23-26,29-32,50H2,(H,51,57)(H,52,58)(H,53,59)/t40-,45+,48+/m0/s1. The van der Waals surface area contributed by atoms with Crippen molar-refractivity contribution in [2.45, 2.75) is 82.6 Å². The van der Waals surface area contributed by atoms with E-state index in [1.165, 1.54) is 0 Å². The van der Waals surface area contributed by atoms with Crippen molar-refractivity contribution in [3.63, 3.8) is 0 Å². The number of likely N-dealkylation sites (tertiary alicyclic amines) is 1. The van der Waals surface area contributed by atoms with Crippen LogP contribution in [0.25, 0.3) is 22.2 Å². The smallest absolute Gasteiger partial charge is 0.326 e. The summed E-state index contributed by atoms with van der Waals surface area (Å²) >= 11 is 0. The van der Waals surface area contributed by atoms with Crippen LogP contribution in [0.4, 0.5) is 11.4 Å². The van der Waals surface area contributed by atoms with Gasteiger partial charge in [-0.1, -0.05) is 84.9 Å². The Labute approximate surface area is 355 Å². The number of hydrogen-bond acceptors (Lipinski definition) is 8. The number of nitrogens with one attached hydrogen (secondary N) is 3. The van der Waals surface area contributed by atoms with Crippen LogP contribution in [0.5, 0.6) is 0 Å². The Bertz CT molecular complexity index is 2490. The minimum absolute atomic E-state index is 0.0187. The number of unbranched alkanes of at least 4 members (excludes halogenated alkanes) is 1. The van der Waals surface area contributed by atoms with Crippen molar-refractivity contribution in [3.8, 4) is 11.1 Å². The molecule has 2 aliphatic rings. The molecule has 12 nitrogen and oxygen atoms in total. The first kappa shape index (κ1) is 41.7. The fourth-order valence-corrected chi connectivity index (χ4v) is 8.53. The first-order valence-corrected chi connectivity index (χ1v) is 21.3. The Morgan fingerprint density at radius 1 is 0.770 bits per heavy atom. The molecule has 12 heteroatoms. The normalized spacial score (nSPS) is 18.5. The van der Waals surface area contributed by atoms with E-state index in [-0.39, 0.29) is 42.4 Å². The third-order valence-corrected chi connectivity index (χ3v) is 11.8. The number of fused-ring (bicyclic) bond motifs is 1. The Morgan fingerprint density at radius 3 is 2.28 bits per heavy atom. The number of anilines is 2. The molecule has 2 amide bonds. The first-order valence-electron chi connectivity index (χ1n) is 21.3. The second kappa shape index (κ2) is 19.6. The summed E-state index contributed by atoms with van der Waals surface area (Å²) in [5.41, 5.74) is 14.6. The number of amides is 2. The first-order chi connectivity index (χ1) is 29.8. The summed E-state index contributed by atoms with van der Waals surface area (Å²) in [7, 11) is 0. The number of aromatic amines is 1. The maximum absolute atomic E-state index is 12.9. The molecule has 2 saturated heterocycles. The van der Waals surface area contributed by atoms with Gasteiger partial charge in [-0.2, -0.15) is 0 Å². The zero-order valence-corrected chi connectivity index (χ0v) is 34.3. The number of piperidine rings is 1. The number of rotatable bonds is 15. The highest BCUT2D eigenvalue weighted by molar-refractivity contribution is 5.93. The Hall–Kier alpha value is -6.05. The zero-order chi connectivity index (χ0) is 42.1. The molecular formula is C49H54N6O6. The highest BCUT2D eigenvalue weighted by Gasteiger charge is 2.34. The SMILES string of the molecule is Nc1ccccc1NC(=O)CCCCC(=O)NCc1cccc(-c2cccc([C@@H]3O[C@H](CN4CCC(n5c(=O)[nH]c6ccccc65)CC4)C[C@H](c4ccc(CO)cc4)O3)c2)c1. The highest BCUT2D eigenvalue weighted by Crippen LogP contribution is 2.39. The molecule has 0 spiro atoms. The maximum Gasteiger partial charge on any atom is 0.326 e. The van der Waals surface area contributed by atoms with E-state index in [1.807, 2.05) is 89.5 Å². The Kier molecular flexibility index (Phi) is 13.4. The van der Waals surface area contributed by atoms with Gasteiger partial charge in [-0.15, -0.1) is 0 Å². The van der Waals surface area contributed by atoms with Crippen LogP contribution in [-0.4, -0.2) is 57.1 Å². The maximum atomic E-state index is 12.9. The molecule has 316 valence electrons. The number of imidazole rings is 1. The summed E-state index contributed by atoms with van der Waals surface area (Å²) in [4.78, 5) is 43.4. The molecule has 5 aromatic carbocycles. The van der Waals surface area contributed by atoms with Gasteiger partial charge in [0.05, 0.1) is 41.2 Å². The van der Waals surface area contributed by atoms with Crippen molar-refractivity contribution in [2.24, 2.45) is 0 Å². The summed E-state index contributed by atoms with van der Waals surface area (Å²) in [6, 6.07) is 39.5. The van der Waals surface area contributed by atoms with Gasteiger partial charge >= 0.3 is 5.69 Å². The summed E-state index contributed by atoms with van der Waals surface area (Å²) in [6.07, 6.45) is 3.36. The van der Waals surface area contributed by atoms with Crippen molar-refractivity contribution in [1.82, 2.24) is 19.8 Å². The molecule has 61 heavy (non-hydrogen) atoms. The number of aromatic nitrogens is 2. The molecule has 0 unspecified atom stereocenters. The van der Waals surface area contributed by atoms with Crippen LogP contribution >= 0.6 is 0 Å². The summed E-state index contributed by atoms with van der Waals surface area (Å²) in [6.45, 7) is 2.83. The van der Waals surface area contributed by atoms with E-state index in [0.29, 0.717) is 50.0 Å². The molecular weight excluding hydrogens is 769 g/mol. The summed E-state index contributed by atoms with van der Waals surface area (Å²) in [5, 5.41) is 15.5. The predicted octanol–water partition coefficient (Wildman–Crippen LogP) is 7.77. The van der Waals surface area contributed by atoms with Crippen LogP contribution in [0.15, 0.2) is 126 Å². The number of hydrogen-bond donors (Lipinski definition) is 5. The van der Waals surface area contributed by atoms with E-state index in [2.05, 4.69) is 44.8 Å². The van der Waals surface area contributed by atoms with Gasteiger partial charge in [0, 0.05) is 57.0 Å². The van der Waals surface area contributed by atoms with Gasteiger partial charge in [-0.05, 0) is 89.9 Å². The molecule has 2 fully saturated rings. The number of aliphatic hydroxyl groups excluding tert-OH is 1. The van der Waals surface area contributed by atoms with Crippen molar-refractivity contribution >= 4 is 34.2 Å². The van der Waals surface area contributed by atoms with E-state index in [4.69, 9.17) is 15.2 Å². The average Bonchev–Trinajstić information content (AvgIpc) is 3.63. The van der Waals surface area contributed by atoms with Gasteiger partial charge in [0.15, 0.2) is 6.29 Å². The molecule has 3 atom stereocenters. The molecule has 6 N–H and O–H groups in total. The Balaban J connectivity index is 0.884. The van der Waals surface area contributed by atoms with Crippen LogP contribution in [0.2, 0.25) is 0 Å². The van der Waals surface area contributed by atoms with Crippen LogP contribution in [0.3, 0.4) is 0 Å². The van der Waals surface area contributed by atoms with Crippen molar-refractivity contribution in [2.75, 3.05) is 30.7 Å². The molecule has 6 aromatic rings. The lowest BCUT2D eigenvalue weighted by molar-refractivity contribution is -0.253. The number of carbonyl (C=O) groups excluding carboxylic acids is 2. The lowest BCUT2D eigenvalue weighted by Crippen LogP contribution is -2.43. The summed E-state index contributed by atoms with van der Waals surface area (Å²) in [5.74, 6) is -0.181. The highest BCUT2D eigenvalue weighted by atomic mass is 16.7. The van der Waals surface area contributed by atoms with E-state index in [1.54, 1.807) is 12.1 Å². The van der Waals surface area contributed by atoms with Crippen LogP contribution < -0.4 is 22.1 Å². The van der Waals surface area contributed by atoms with Crippen molar-refractivity contribution in [3.05, 3.63) is 154 Å². The topological polar surface area (TPSA) is 164 Å². The van der Waals surface area contributed by atoms with Crippen LogP contribution in [-0.2, 0) is 32.2 Å². The molecule has 2 aliphatic heterocycles. The van der Waals surface area contributed by atoms with E-state index in [9.17, 15) is 19.5 Å². The van der Waals surface area contributed by atoms with Crippen LogP contribution in [0.1, 0.15) is 85.6 Å². The van der Waals surface area contributed by atoms with Crippen LogP contribution in [0, 0.1) is 0 Å². The van der Waals surface area contributed by atoms with Gasteiger partial charge in [-0.25, -0.2) is 4.79 Å². The van der Waals surface area contributed by atoms with Crippen molar-refractivity contribution < 1.29 is 24.2 Å². The Morgan fingerprint density at radius 2 is 1.49 bits per heavy atom. The minimum Gasteiger partial charge on any atom is -0.397 e. The van der Waals surface area contributed by atoms with Gasteiger partial charge < -0.3 is 40.8 Å². The van der Waals surface area contributed by atoms with Gasteiger partial charge in [-0.3, -0.25) is 14.2 Å². The lowest BCUT2D eigenvalue weighted by Gasteiger charge is -2.40. The third-order valence-electron chi connectivity index (χ3n) is 11.8. The quantitative estimate of drug-likeness (QED) is 0.0518.